The van der Waals surface area contributed by atoms with E-state index in [0.29, 0.717) is 0 Å². The molecular formula is C17H20O3. The summed E-state index contributed by atoms with van der Waals surface area (Å²) in [6.07, 6.45) is 6.54. The fourth-order valence-corrected chi connectivity index (χ4v) is 2.25. The molecule has 3 heteroatoms. The summed E-state index contributed by atoms with van der Waals surface area (Å²) in [6, 6.07) is 10.1. The summed E-state index contributed by atoms with van der Waals surface area (Å²) in [5.41, 5.74) is 2.00. The maximum atomic E-state index is 10.9. The van der Waals surface area contributed by atoms with Gasteiger partial charge < -0.3 is 9.84 Å². The molecule has 1 aromatic rings. The minimum Gasteiger partial charge on any atom is -0.481 e. The van der Waals surface area contributed by atoms with Gasteiger partial charge in [0.1, 0.15) is 0 Å². The van der Waals surface area contributed by atoms with E-state index in [1.54, 1.807) is 6.92 Å². The van der Waals surface area contributed by atoms with E-state index in [1.807, 2.05) is 55.5 Å². The van der Waals surface area contributed by atoms with Crippen LogP contribution in [0.3, 0.4) is 0 Å². The van der Waals surface area contributed by atoms with Crippen molar-refractivity contribution in [3.8, 4) is 0 Å². The molecule has 0 bridgehead atoms. The second-order valence-corrected chi connectivity index (χ2v) is 5.09. The highest BCUT2D eigenvalue weighted by atomic mass is 16.5. The van der Waals surface area contributed by atoms with Crippen molar-refractivity contribution in [2.45, 2.75) is 32.5 Å². The van der Waals surface area contributed by atoms with Gasteiger partial charge in [0.25, 0.3) is 0 Å². The predicted octanol–water partition coefficient (Wildman–Crippen LogP) is 3.74. The van der Waals surface area contributed by atoms with Crippen molar-refractivity contribution in [2.75, 3.05) is 0 Å². The Morgan fingerprint density at radius 2 is 2.00 bits per heavy atom. The van der Waals surface area contributed by atoms with Crippen LogP contribution in [0.15, 0.2) is 54.1 Å². The van der Waals surface area contributed by atoms with Gasteiger partial charge in [-0.25, -0.2) is 0 Å². The molecule has 0 heterocycles. The van der Waals surface area contributed by atoms with Crippen molar-refractivity contribution < 1.29 is 14.6 Å². The van der Waals surface area contributed by atoms with Crippen LogP contribution in [0.5, 0.6) is 0 Å². The summed E-state index contributed by atoms with van der Waals surface area (Å²) in [5, 5.41) is 8.99. The average molecular weight is 272 g/mol. The molecule has 0 amide bonds. The van der Waals surface area contributed by atoms with Crippen LogP contribution in [0.25, 0.3) is 0 Å². The van der Waals surface area contributed by atoms with E-state index in [-0.39, 0.29) is 12.2 Å². The minimum absolute atomic E-state index is 0.00921. The summed E-state index contributed by atoms with van der Waals surface area (Å²) in [5.74, 6) is -1.25. The molecule has 3 atom stereocenters. The molecule has 0 spiro atoms. The van der Waals surface area contributed by atoms with Gasteiger partial charge in [-0.15, -0.1) is 0 Å². The molecule has 0 saturated heterocycles. The van der Waals surface area contributed by atoms with Gasteiger partial charge in [-0.3, -0.25) is 4.79 Å². The van der Waals surface area contributed by atoms with Crippen molar-refractivity contribution in [3.63, 3.8) is 0 Å². The first kappa shape index (κ1) is 14.5. The molecule has 3 unspecified atom stereocenters. The maximum Gasteiger partial charge on any atom is 0.310 e. The van der Waals surface area contributed by atoms with Gasteiger partial charge in [0.15, 0.2) is 0 Å². The van der Waals surface area contributed by atoms with Gasteiger partial charge >= 0.3 is 5.97 Å². The number of carbonyl (C=O) groups is 1. The molecule has 0 radical (unpaired) electrons. The Kier molecular flexibility index (Phi) is 4.74. The lowest BCUT2D eigenvalue weighted by Gasteiger charge is -2.22. The molecule has 1 N–H and O–H groups in total. The van der Waals surface area contributed by atoms with Crippen LogP contribution in [-0.4, -0.2) is 17.2 Å². The first-order valence-corrected chi connectivity index (χ1v) is 6.89. The number of allylic oxidation sites excluding steroid dienone is 1. The van der Waals surface area contributed by atoms with E-state index in [9.17, 15) is 4.79 Å². The fraction of sp³-hybridized carbons (Fsp3) is 0.353. The molecule has 3 nitrogen and oxygen atoms in total. The second kappa shape index (κ2) is 6.53. The van der Waals surface area contributed by atoms with Gasteiger partial charge in [0.2, 0.25) is 0 Å². The molecular weight excluding hydrogens is 252 g/mol. The Balaban J connectivity index is 1.92. The molecule has 20 heavy (non-hydrogen) atoms. The van der Waals surface area contributed by atoms with E-state index in [2.05, 4.69) is 0 Å². The monoisotopic (exact) mass is 272 g/mol. The zero-order valence-electron chi connectivity index (χ0n) is 11.8. The Morgan fingerprint density at radius 1 is 1.30 bits per heavy atom. The molecule has 0 fully saturated rings. The minimum atomic E-state index is -0.794. The summed E-state index contributed by atoms with van der Waals surface area (Å²) >= 11 is 0. The van der Waals surface area contributed by atoms with Gasteiger partial charge in [-0.05, 0) is 31.4 Å². The zero-order valence-corrected chi connectivity index (χ0v) is 11.8. The van der Waals surface area contributed by atoms with Crippen LogP contribution in [0.4, 0.5) is 0 Å². The van der Waals surface area contributed by atoms with E-state index in [0.717, 1.165) is 17.6 Å². The van der Waals surface area contributed by atoms with E-state index >= 15 is 0 Å². The quantitative estimate of drug-likeness (QED) is 0.888. The number of carboxylic acids is 1. The summed E-state index contributed by atoms with van der Waals surface area (Å²) in [4.78, 5) is 10.9. The smallest absolute Gasteiger partial charge is 0.310 e. The summed E-state index contributed by atoms with van der Waals surface area (Å²) < 4.78 is 5.99. The highest BCUT2D eigenvalue weighted by molar-refractivity contribution is 5.74. The lowest BCUT2D eigenvalue weighted by molar-refractivity contribution is -0.139. The zero-order chi connectivity index (χ0) is 14.5. The van der Waals surface area contributed by atoms with Gasteiger partial charge in [-0.2, -0.15) is 0 Å². The number of benzene rings is 1. The average Bonchev–Trinajstić information content (AvgIpc) is 2.48. The molecule has 0 aromatic heterocycles. The van der Waals surface area contributed by atoms with E-state index < -0.39 is 11.9 Å². The molecule has 1 aliphatic carbocycles. The topological polar surface area (TPSA) is 46.5 Å². The molecule has 106 valence electrons. The first-order chi connectivity index (χ1) is 9.58. The number of rotatable bonds is 5. The second-order valence-electron chi connectivity index (χ2n) is 5.09. The van der Waals surface area contributed by atoms with Crippen LogP contribution in [0, 0.1) is 5.92 Å². The number of hydrogen-bond donors (Lipinski definition) is 1. The van der Waals surface area contributed by atoms with Crippen LogP contribution in [-0.2, 0) is 9.53 Å². The van der Waals surface area contributed by atoms with Crippen LogP contribution < -0.4 is 0 Å². The number of aliphatic carboxylic acids is 1. The Morgan fingerprint density at radius 3 is 2.55 bits per heavy atom. The third-order valence-electron chi connectivity index (χ3n) is 3.61. The van der Waals surface area contributed by atoms with Crippen LogP contribution >= 0.6 is 0 Å². The normalized spacial score (nSPS) is 21.1. The lowest BCUT2D eigenvalue weighted by Crippen LogP contribution is -2.18. The molecule has 2 rings (SSSR count). The Hall–Kier alpha value is -1.87. The number of hydrogen-bond acceptors (Lipinski definition) is 2. The highest BCUT2D eigenvalue weighted by Crippen LogP contribution is 2.25. The van der Waals surface area contributed by atoms with Gasteiger partial charge in [0.05, 0.1) is 18.1 Å². The fourth-order valence-electron chi connectivity index (χ4n) is 2.25. The van der Waals surface area contributed by atoms with Gasteiger partial charge in [-0.1, -0.05) is 48.6 Å². The third kappa shape index (κ3) is 3.58. The Bertz CT molecular complexity index is 516. The standard InChI is InChI=1S/C17H20O3/c1-12(17(18)19)14-8-10-16(11-9-14)20-13(2)15-6-4-3-5-7-15/h3-10,12-13,16H,11H2,1-2H3,(H,18,19). The molecule has 1 aliphatic rings. The van der Waals surface area contributed by atoms with Crippen molar-refractivity contribution >= 4 is 5.97 Å². The van der Waals surface area contributed by atoms with Gasteiger partial charge in [0, 0.05) is 0 Å². The van der Waals surface area contributed by atoms with Crippen LogP contribution in [0.1, 0.15) is 31.9 Å². The van der Waals surface area contributed by atoms with Crippen molar-refractivity contribution in [1.82, 2.24) is 0 Å². The van der Waals surface area contributed by atoms with Crippen molar-refractivity contribution in [2.24, 2.45) is 5.92 Å². The van der Waals surface area contributed by atoms with E-state index in [4.69, 9.17) is 9.84 Å². The third-order valence-corrected chi connectivity index (χ3v) is 3.61. The summed E-state index contributed by atoms with van der Waals surface area (Å²) in [7, 11) is 0. The molecule has 0 saturated carbocycles. The highest BCUT2D eigenvalue weighted by Gasteiger charge is 2.19. The largest absolute Gasteiger partial charge is 0.481 e. The van der Waals surface area contributed by atoms with Crippen LogP contribution in [0.2, 0.25) is 0 Å². The molecule has 1 aromatic carbocycles. The molecule has 0 aliphatic heterocycles. The SMILES string of the molecule is CC(C(=O)O)C1=CCC(OC(C)c2ccccc2)C=C1. The first-order valence-electron chi connectivity index (χ1n) is 6.89. The predicted molar refractivity (Wildman–Crippen MR) is 78.4 cm³/mol. The summed E-state index contributed by atoms with van der Waals surface area (Å²) in [6.45, 7) is 3.73. The number of ether oxygens (including phenoxy) is 1. The van der Waals surface area contributed by atoms with Crippen molar-refractivity contribution in [1.29, 1.82) is 0 Å². The van der Waals surface area contributed by atoms with Crippen molar-refractivity contribution in [3.05, 3.63) is 59.7 Å². The number of carboxylic acid groups (broad SMARTS) is 1. The maximum absolute atomic E-state index is 10.9. The van der Waals surface area contributed by atoms with E-state index in [1.165, 1.54) is 0 Å². The Labute approximate surface area is 119 Å². The lowest BCUT2D eigenvalue weighted by atomic mass is 9.94.